The van der Waals surface area contributed by atoms with Crippen molar-refractivity contribution in [2.45, 2.75) is 19.3 Å². The summed E-state index contributed by atoms with van der Waals surface area (Å²) in [4.78, 5) is 12.2. The van der Waals surface area contributed by atoms with E-state index in [-0.39, 0.29) is 0 Å². The summed E-state index contributed by atoms with van der Waals surface area (Å²) < 4.78 is 0. The number of anilines is 1. The highest BCUT2D eigenvalue weighted by Crippen LogP contribution is 2.45. The minimum absolute atomic E-state index is 0.481. The number of benzene rings is 1. The topological polar surface area (TPSA) is 55.1 Å². The van der Waals surface area contributed by atoms with Crippen LogP contribution in [0.5, 0.6) is 0 Å². The Hall–Kier alpha value is -1.81. The summed E-state index contributed by atoms with van der Waals surface area (Å²) in [5, 5.41) is 3.50. The fourth-order valence-corrected chi connectivity index (χ4v) is 3.77. The van der Waals surface area contributed by atoms with Crippen molar-refractivity contribution < 1.29 is 4.79 Å². The number of rotatable bonds is 1. The van der Waals surface area contributed by atoms with Crippen LogP contribution in [-0.2, 0) is 6.42 Å². The van der Waals surface area contributed by atoms with Crippen LogP contribution >= 0.6 is 11.3 Å². The number of hydrogen-bond donors (Lipinski definition) is 2. The molecule has 1 aromatic carbocycles. The van der Waals surface area contributed by atoms with Crippen LogP contribution in [-0.4, -0.2) is 6.03 Å². The molecule has 1 aliphatic rings. The third-order valence-corrected chi connectivity index (χ3v) is 4.43. The Bertz CT molecular complexity index is 618. The third-order valence-electron chi connectivity index (χ3n) is 3.33. The molecule has 0 saturated heterocycles. The summed E-state index contributed by atoms with van der Waals surface area (Å²) in [7, 11) is 0. The smallest absolute Gasteiger partial charge is 0.317 e. The Balaban J connectivity index is 2.11. The van der Waals surface area contributed by atoms with E-state index in [1.807, 2.05) is 6.07 Å². The molecule has 4 heteroatoms. The van der Waals surface area contributed by atoms with E-state index >= 15 is 0 Å². The zero-order valence-electron chi connectivity index (χ0n) is 10.1. The number of amides is 2. The highest BCUT2D eigenvalue weighted by molar-refractivity contribution is 7.19. The molecular weight excluding hydrogens is 244 g/mol. The van der Waals surface area contributed by atoms with Gasteiger partial charge in [0.2, 0.25) is 0 Å². The van der Waals surface area contributed by atoms with Crippen molar-refractivity contribution in [3.63, 3.8) is 0 Å². The van der Waals surface area contributed by atoms with E-state index in [1.54, 1.807) is 11.3 Å². The summed E-state index contributed by atoms with van der Waals surface area (Å²) in [6.45, 7) is 2.22. The van der Waals surface area contributed by atoms with Crippen molar-refractivity contribution in [1.29, 1.82) is 0 Å². The fraction of sp³-hybridized carbons (Fsp3) is 0.214. The van der Waals surface area contributed by atoms with Gasteiger partial charge in [-0.2, -0.15) is 0 Å². The van der Waals surface area contributed by atoms with Crippen LogP contribution < -0.4 is 11.1 Å². The first-order valence-corrected chi connectivity index (χ1v) is 6.75. The zero-order chi connectivity index (χ0) is 12.7. The normalized spacial score (nSPS) is 16.8. The van der Waals surface area contributed by atoms with Gasteiger partial charge in [0.1, 0.15) is 0 Å². The number of primary amides is 1. The van der Waals surface area contributed by atoms with E-state index in [9.17, 15) is 4.79 Å². The second-order valence-electron chi connectivity index (χ2n) is 4.65. The van der Waals surface area contributed by atoms with Gasteiger partial charge >= 0.3 is 6.03 Å². The first kappa shape index (κ1) is 11.3. The van der Waals surface area contributed by atoms with Crippen LogP contribution in [0.3, 0.4) is 0 Å². The van der Waals surface area contributed by atoms with Crippen molar-refractivity contribution in [1.82, 2.24) is 0 Å². The van der Waals surface area contributed by atoms with E-state index in [2.05, 4.69) is 36.5 Å². The van der Waals surface area contributed by atoms with E-state index < -0.39 is 6.03 Å². The zero-order valence-corrected chi connectivity index (χ0v) is 10.9. The lowest BCUT2D eigenvalue weighted by Crippen LogP contribution is -2.18. The maximum Gasteiger partial charge on any atom is 0.317 e. The molecule has 0 radical (unpaired) electrons. The number of nitrogens with one attached hydrogen (secondary N) is 1. The van der Waals surface area contributed by atoms with Gasteiger partial charge in [-0.25, -0.2) is 4.79 Å². The van der Waals surface area contributed by atoms with Gasteiger partial charge in [0.25, 0.3) is 0 Å². The number of fused-ring (bicyclic) bond motifs is 3. The average Bonchev–Trinajstić information content (AvgIpc) is 2.73. The van der Waals surface area contributed by atoms with E-state index in [1.165, 1.54) is 21.6 Å². The van der Waals surface area contributed by atoms with E-state index in [4.69, 9.17) is 5.73 Å². The number of carbonyl (C=O) groups excluding carboxylic acids is 1. The molecule has 2 aromatic rings. The van der Waals surface area contributed by atoms with Gasteiger partial charge in [-0.3, -0.25) is 5.32 Å². The quantitative estimate of drug-likeness (QED) is 0.807. The monoisotopic (exact) mass is 258 g/mol. The van der Waals surface area contributed by atoms with Crippen molar-refractivity contribution in [3.8, 4) is 10.4 Å². The Morgan fingerprint density at radius 3 is 3.00 bits per heavy atom. The van der Waals surface area contributed by atoms with E-state index in [0.717, 1.165) is 11.4 Å². The molecule has 0 bridgehead atoms. The summed E-state index contributed by atoms with van der Waals surface area (Å²) in [6, 6.07) is 9.99. The van der Waals surface area contributed by atoms with Crippen LogP contribution in [0.15, 0.2) is 30.3 Å². The van der Waals surface area contributed by atoms with Gasteiger partial charge in [0, 0.05) is 4.88 Å². The lowest BCUT2D eigenvalue weighted by Gasteiger charge is -2.21. The number of thiophene rings is 1. The number of urea groups is 1. The lowest BCUT2D eigenvalue weighted by atomic mass is 9.84. The molecule has 1 atom stereocenters. The summed E-state index contributed by atoms with van der Waals surface area (Å²) in [6.07, 6.45) is 1.05. The van der Waals surface area contributed by atoms with Gasteiger partial charge in [-0.15, -0.1) is 11.3 Å². The third kappa shape index (κ3) is 1.78. The first-order valence-electron chi connectivity index (χ1n) is 5.93. The Morgan fingerprint density at radius 1 is 1.44 bits per heavy atom. The van der Waals surface area contributed by atoms with Gasteiger partial charge in [0.05, 0.1) is 5.00 Å². The molecule has 1 heterocycles. The molecule has 0 saturated carbocycles. The van der Waals surface area contributed by atoms with Gasteiger partial charge in [0.15, 0.2) is 0 Å². The molecule has 1 aromatic heterocycles. The number of nitrogens with two attached hydrogens (primary N) is 1. The second-order valence-corrected chi connectivity index (χ2v) is 5.70. The summed E-state index contributed by atoms with van der Waals surface area (Å²) >= 11 is 1.60. The van der Waals surface area contributed by atoms with Crippen LogP contribution in [0.4, 0.5) is 9.80 Å². The summed E-state index contributed by atoms with van der Waals surface area (Å²) in [5.74, 6) is 0.481. The SMILES string of the molecule is CC1Cc2ccccc2-c2sc(NC(N)=O)cc21. The standard InChI is InChI=1S/C14H14N2OS/c1-8-6-9-4-2-3-5-10(9)13-11(8)7-12(18-13)16-14(15)17/h2-5,7-8H,6H2,1H3,(H3,15,16,17). The predicted octanol–water partition coefficient (Wildman–Crippen LogP) is 3.57. The first-order chi connectivity index (χ1) is 8.65. The molecule has 3 N–H and O–H groups in total. The molecule has 3 nitrogen and oxygen atoms in total. The number of carbonyl (C=O) groups is 1. The minimum Gasteiger partial charge on any atom is -0.351 e. The predicted molar refractivity (Wildman–Crippen MR) is 75.1 cm³/mol. The molecule has 92 valence electrons. The van der Waals surface area contributed by atoms with Gasteiger partial charge in [-0.05, 0) is 35.1 Å². The van der Waals surface area contributed by atoms with Crippen LogP contribution in [0.25, 0.3) is 10.4 Å². The van der Waals surface area contributed by atoms with Crippen molar-refractivity contribution >= 4 is 22.4 Å². The maximum absolute atomic E-state index is 10.9. The highest BCUT2D eigenvalue weighted by atomic mass is 32.1. The molecule has 1 aliphatic carbocycles. The highest BCUT2D eigenvalue weighted by Gasteiger charge is 2.24. The molecule has 18 heavy (non-hydrogen) atoms. The van der Waals surface area contributed by atoms with Crippen molar-refractivity contribution in [2.75, 3.05) is 5.32 Å². The van der Waals surface area contributed by atoms with Crippen LogP contribution in [0.2, 0.25) is 0 Å². The molecule has 3 rings (SSSR count). The average molecular weight is 258 g/mol. The molecule has 2 amide bonds. The van der Waals surface area contributed by atoms with Gasteiger partial charge in [-0.1, -0.05) is 31.2 Å². The lowest BCUT2D eigenvalue weighted by molar-refractivity contribution is 0.259. The Morgan fingerprint density at radius 2 is 2.22 bits per heavy atom. The maximum atomic E-state index is 10.9. The molecule has 0 spiro atoms. The van der Waals surface area contributed by atoms with Crippen LogP contribution in [0, 0.1) is 0 Å². The van der Waals surface area contributed by atoms with E-state index in [0.29, 0.717) is 5.92 Å². The molecule has 0 fully saturated rings. The molecular formula is C14H14N2OS. The van der Waals surface area contributed by atoms with Crippen molar-refractivity contribution in [2.24, 2.45) is 5.73 Å². The van der Waals surface area contributed by atoms with Crippen molar-refractivity contribution in [3.05, 3.63) is 41.5 Å². The number of hydrogen-bond acceptors (Lipinski definition) is 2. The molecule has 0 aliphatic heterocycles. The minimum atomic E-state index is -0.505. The van der Waals surface area contributed by atoms with Gasteiger partial charge < -0.3 is 5.73 Å². The summed E-state index contributed by atoms with van der Waals surface area (Å²) in [5.41, 5.74) is 9.14. The van der Waals surface area contributed by atoms with Crippen LogP contribution in [0.1, 0.15) is 24.0 Å². The second kappa shape index (κ2) is 4.14. The Labute approximate surface area is 110 Å². The largest absolute Gasteiger partial charge is 0.351 e. The Kier molecular flexibility index (Phi) is 2.59. The molecule has 1 unspecified atom stereocenters. The fourth-order valence-electron chi connectivity index (χ4n) is 2.52.